The number of benzene rings is 3. The van der Waals surface area contributed by atoms with Crippen LogP contribution < -0.4 is 0 Å². The number of nitrogens with zero attached hydrogens (tertiary/aromatic N) is 4. The van der Waals surface area contributed by atoms with Crippen molar-refractivity contribution in [1.82, 2.24) is 29.7 Å². The Morgan fingerprint density at radius 3 is 1.77 bits per heavy atom. The third-order valence-corrected chi connectivity index (χ3v) is 8.26. The van der Waals surface area contributed by atoms with Crippen LogP contribution in [0.5, 0.6) is 0 Å². The van der Waals surface area contributed by atoms with Gasteiger partial charge in [-0.15, -0.1) is 0 Å². The molecule has 5 rings (SSSR count). The van der Waals surface area contributed by atoms with Gasteiger partial charge in [-0.25, -0.2) is 19.6 Å². The summed E-state index contributed by atoms with van der Waals surface area (Å²) in [6.07, 6.45) is 2.33. The van der Waals surface area contributed by atoms with Gasteiger partial charge in [0.15, 0.2) is 0 Å². The molecule has 0 unspecified atom stereocenters. The minimum atomic E-state index is -0.962. The summed E-state index contributed by atoms with van der Waals surface area (Å²) in [5.41, 5.74) is 4.93. The fourth-order valence-corrected chi connectivity index (χ4v) is 5.52. The number of carbonyl (C=O) groups excluding carboxylic acids is 1. The number of amides is 2. The number of imidazole rings is 2. The van der Waals surface area contributed by atoms with E-state index >= 15 is 0 Å². The number of hydrogen-bond acceptors (Lipinski definition) is 5. The summed E-state index contributed by atoms with van der Waals surface area (Å²) in [7, 11) is 1.71. The van der Waals surface area contributed by atoms with E-state index in [-0.39, 0.29) is 11.5 Å². The van der Waals surface area contributed by atoms with Crippen LogP contribution in [-0.2, 0) is 4.74 Å². The first-order valence-electron chi connectivity index (χ1n) is 16.2. The van der Waals surface area contributed by atoms with Crippen LogP contribution in [0.15, 0.2) is 73.1 Å². The lowest BCUT2D eigenvalue weighted by atomic mass is 9.95. The Kier molecular flexibility index (Phi) is 9.39. The van der Waals surface area contributed by atoms with Gasteiger partial charge in [0, 0.05) is 37.1 Å². The number of aromatic amines is 2. The van der Waals surface area contributed by atoms with Crippen LogP contribution in [-0.4, -0.2) is 66.2 Å². The standard InChI is InChI=1S/C38H46N6O4/c1-23(43(9)36(47)48-38(6,7)8)33-39-21-32(42-33)30-17-16-28-18-27(14-15-29(28)19-30)25-10-12-26(13-11-25)31-20-40-34(41-31)24(2)44(35(45)46)22-37(3,4)5/h10-21,23-24H,22H2,1-9H3,(H,39,42)(H,40,41)(H,45,46)/t23-,24-/m0/s1. The maximum atomic E-state index is 12.5. The number of carbonyl (C=O) groups is 2. The molecule has 10 nitrogen and oxygen atoms in total. The SMILES string of the molecule is C[C@@H](c1nc(-c2ccc3cc(-c4ccc(-c5c[nH]c([C@H](C)N(CC(C)(C)C)C(=O)O)n5)cc4)ccc3c2)c[nH]1)N(C)C(=O)OC(C)(C)C. The fraction of sp³-hybridized carbons (Fsp3) is 0.368. The second-order valence-electron chi connectivity index (χ2n) is 14.6. The topological polar surface area (TPSA) is 127 Å². The molecule has 252 valence electrons. The van der Waals surface area contributed by atoms with Crippen molar-refractivity contribution in [2.45, 2.75) is 73.1 Å². The van der Waals surface area contributed by atoms with E-state index in [1.54, 1.807) is 11.9 Å². The summed E-state index contributed by atoms with van der Waals surface area (Å²) in [5, 5.41) is 12.0. The number of hydrogen-bond donors (Lipinski definition) is 3. The Balaban J connectivity index is 1.29. The van der Waals surface area contributed by atoms with Crippen LogP contribution in [0.25, 0.3) is 44.4 Å². The van der Waals surface area contributed by atoms with E-state index in [1.165, 1.54) is 4.90 Å². The molecule has 48 heavy (non-hydrogen) atoms. The molecule has 0 aliphatic heterocycles. The number of fused-ring (bicyclic) bond motifs is 1. The maximum absolute atomic E-state index is 12.5. The molecule has 5 aromatic rings. The molecule has 0 bridgehead atoms. The average molecular weight is 651 g/mol. The molecule has 0 radical (unpaired) electrons. The molecule has 2 heterocycles. The van der Waals surface area contributed by atoms with Crippen molar-refractivity contribution in [3.63, 3.8) is 0 Å². The number of carboxylic acid groups (broad SMARTS) is 1. The first kappa shape index (κ1) is 34.2. The highest BCUT2D eigenvalue weighted by Gasteiger charge is 2.28. The summed E-state index contributed by atoms with van der Waals surface area (Å²) < 4.78 is 5.51. The van der Waals surface area contributed by atoms with Crippen LogP contribution in [0.3, 0.4) is 0 Å². The molecule has 0 spiro atoms. The monoisotopic (exact) mass is 650 g/mol. The largest absolute Gasteiger partial charge is 0.465 e. The summed E-state index contributed by atoms with van der Waals surface area (Å²) in [6.45, 7) is 15.8. The molecule has 0 aliphatic rings. The van der Waals surface area contributed by atoms with Gasteiger partial charge in [0.2, 0.25) is 0 Å². The quantitative estimate of drug-likeness (QED) is 0.154. The summed E-state index contributed by atoms with van der Waals surface area (Å²) >= 11 is 0. The lowest BCUT2D eigenvalue weighted by Gasteiger charge is -2.31. The van der Waals surface area contributed by atoms with Gasteiger partial charge in [0.1, 0.15) is 17.2 Å². The molecule has 0 aliphatic carbocycles. The van der Waals surface area contributed by atoms with Crippen molar-refractivity contribution >= 4 is 23.0 Å². The normalized spacial score (nSPS) is 13.3. The molecule has 0 saturated carbocycles. The van der Waals surface area contributed by atoms with Gasteiger partial charge in [0.25, 0.3) is 0 Å². The molecule has 3 N–H and O–H groups in total. The van der Waals surface area contributed by atoms with E-state index in [0.717, 1.165) is 44.4 Å². The molecule has 10 heteroatoms. The summed E-state index contributed by atoms with van der Waals surface area (Å²) in [5.74, 6) is 1.30. The minimum Gasteiger partial charge on any atom is -0.465 e. The maximum Gasteiger partial charge on any atom is 0.410 e. The Morgan fingerprint density at radius 2 is 1.23 bits per heavy atom. The summed E-state index contributed by atoms with van der Waals surface area (Å²) in [4.78, 5) is 43.4. The van der Waals surface area contributed by atoms with Crippen molar-refractivity contribution < 1.29 is 19.4 Å². The predicted octanol–water partition coefficient (Wildman–Crippen LogP) is 9.30. The Hall–Kier alpha value is -5.12. The van der Waals surface area contributed by atoms with Crippen molar-refractivity contribution in [1.29, 1.82) is 0 Å². The van der Waals surface area contributed by atoms with Crippen molar-refractivity contribution in [2.75, 3.05) is 13.6 Å². The average Bonchev–Trinajstić information content (AvgIpc) is 3.72. The van der Waals surface area contributed by atoms with Crippen LogP contribution in [0.1, 0.15) is 79.1 Å². The Labute approximate surface area is 282 Å². The molecule has 2 amide bonds. The van der Waals surface area contributed by atoms with Crippen LogP contribution in [0.2, 0.25) is 0 Å². The molecular formula is C38H46N6O4. The van der Waals surface area contributed by atoms with E-state index in [4.69, 9.17) is 14.7 Å². The zero-order valence-corrected chi connectivity index (χ0v) is 29.3. The van der Waals surface area contributed by atoms with Gasteiger partial charge < -0.3 is 24.7 Å². The van der Waals surface area contributed by atoms with Crippen molar-refractivity contribution in [2.24, 2.45) is 5.41 Å². The lowest BCUT2D eigenvalue weighted by molar-refractivity contribution is 0.0227. The van der Waals surface area contributed by atoms with Gasteiger partial charge in [-0.05, 0) is 74.1 Å². The smallest absolute Gasteiger partial charge is 0.410 e. The fourth-order valence-electron chi connectivity index (χ4n) is 5.52. The van der Waals surface area contributed by atoms with E-state index in [2.05, 4.69) is 58.5 Å². The second kappa shape index (κ2) is 13.2. The summed E-state index contributed by atoms with van der Waals surface area (Å²) in [6, 6.07) is 20.2. The number of rotatable bonds is 8. The van der Waals surface area contributed by atoms with Crippen LogP contribution >= 0.6 is 0 Å². The number of nitrogens with one attached hydrogen (secondary N) is 2. The highest BCUT2D eigenvalue weighted by molar-refractivity contribution is 5.90. The first-order chi connectivity index (χ1) is 22.5. The predicted molar refractivity (Wildman–Crippen MR) is 190 cm³/mol. The highest BCUT2D eigenvalue weighted by atomic mass is 16.6. The Morgan fingerprint density at radius 1 is 0.750 bits per heavy atom. The zero-order valence-electron chi connectivity index (χ0n) is 29.3. The van der Waals surface area contributed by atoms with E-state index < -0.39 is 23.8 Å². The third kappa shape index (κ3) is 7.87. The molecule has 2 atom stereocenters. The first-order valence-corrected chi connectivity index (χ1v) is 16.2. The highest BCUT2D eigenvalue weighted by Crippen LogP contribution is 2.31. The van der Waals surface area contributed by atoms with Gasteiger partial charge in [0.05, 0.1) is 23.5 Å². The zero-order chi connectivity index (χ0) is 35.0. The minimum absolute atomic E-state index is 0.172. The van der Waals surface area contributed by atoms with Gasteiger partial charge in [-0.3, -0.25) is 4.90 Å². The van der Waals surface area contributed by atoms with E-state index in [9.17, 15) is 14.7 Å². The molecule has 3 aromatic carbocycles. The number of ether oxygens (including phenoxy) is 1. The van der Waals surface area contributed by atoms with Crippen LogP contribution in [0.4, 0.5) is 9.59 Å². The molecule has 0 fully saturated rings. The van der Waals surface area contributed by atoms with Gasteiger partial charge >= 0.3 is 12.2 Å². The van der Waals surface area contributed by atoms with Crippen molar-refractivity contribution in [3.8, 4) is 33.6 Å². The number of H-pyrrole nitrogens is 2. The third-order valence-electron chi connectivity index (χ3n) is 8.26. The van der Waals surface area contributed by atoms with Gasteiger partial charge in [-0.2, -0.15) is 0 Å². The van der Waals surface area contributed by atoms with Crippen molar-refractivity contribution in [3.05, 3.63) is 84.7 Å². The molecule has 2 aromatic heterocycles. The number of aromatic nitrogens is 4. The Bertz CT molecular complexity index is 1910. The lowest BCUT2D eigenvalue weighted by Crippen LogP contribution is -2.39. The second-order valence-corrected chi connectivity index (χ2v) is 14.6. The molecular weight excluding hydrogens is 604 g/mol. The van der Waals surface area contributed by atoms with E-state index in [0.29, 0.717) is 18.2 Å². The molecule has 0 saturated heterocycles. The van der Waals surface area contributed by atoms with Crippen LogP contribution in [0, 0.1) is 5.41 Å². The van der Waals surface area contributed by atoms with Gasteiger partial charge in [-0.1, -0.05) is 69.3 Å². The van der Waals surface area contributed by atoms with E-state index in [1.807, 2.05) is 79.9 Å².